The van der Waals surface area contributed by atoms with Gasteiger partial charge in [0.05, 0.1) is 26.9 Å². The Morgan fingerprint density at radius 3 is 2.56 bits per heavy atom. The molecule has 0 saturated carbocycles. The number of hydrogen-bond donors (Lipinski definition) is 1. The zero-order valence-electron chi connectivity index (χ0n) is 10.3. The zero-order chi connectivity index (χ0) is 11.8. The summed E-state index contributed by atoms with van der Waals surface area (Å²) < 4.78 is 0.825. The van der Waals surface area contributed by atoms with Crippen molar-refractivity contribution in [2.45, 2.75) is 19.3 Å². The molecule has 1 aromatic carbocycles. The largest absolute Gasteiger partial charge is 0.323 e. The van der Waals surface area contributed by atoms with Crippen LogP contribution < -0.4 is 10.3 Å². The van der Waals surface area contributed by atoms with E-state index in [2.05, 4.69) is 44.4 Å². The fourth-order valence-electron chi connectivity index (χ4n) is 2.18. The van der Waals surface area contributed by atoms with Gasteiger partial charge in [0.1, 0.15) is 5.69 Å². The highest BCUT2D eigenvalue weighted by Gasteiger charge is 2.20. The van der Waals surface area contributed by atoms with E-state index in [4.69, 9.17) is 5.84 Å². The van der Waals surface area contributed by atoms with E-state index in [1.54, 1.807) is 0 Å². The third-order valence-electron chi connectivity index (χ3n) is 3.19. The fourth-order valence-corrected chi connectivity index (χ4v) is 2.18. The number of nitrogens with zero attached hydrogens (tertiary/aromatic N) is 2. The molecule has 0 radical (unpaired) electrons. The second-order valence-corrected chi connectivity index (χ2v) is 5.28. The van der Waals surface area contributed by atoms with Crippen LogP contribution in [0, 0.1) is 0 Å². The molecule has 1 aromatic rings. The Balaban J connectivity index is 2.51. The standard InChI is InChI=1S/C13H20N3/c1-16(2,3)11-8-7-10-5-4-6-13(15-14)12(10)9-11/h7-9H,4-6,14H2,1-3H3/q+1/b15-13+. The molecule has 3 nitrogen and oxygen atoms in total. The molecule has 0 aromatic heterocycles. The smallest absolute Gasteiger partial charge is 0.132 e. The van der Waals surface area contributed by atoms with Crippen LogP contribution in [0.4, 0.5) is 5.69 Å². The minimum atomic E-state index is 0.825. The Bertz CT molecular complexity index is 427. The monoisotopic (exact) mass is 218 g/mol. The summed E-state index contributed by atoms with van der Waals surface area (Å²) in [4.78, 5) is 0. The number of benzene rings is 1. The highest BCUT2D eigenvalue weighted by Crippen LogP contribution is 2.27. The van der Waals surface area contributed by atoms with Crippen molar-refractivity contribution in [2.75, 3.05) is 21.1 Å². The van der Waals surface area contributed by atoms with Crippen LogP contribution in [0.5, 0.6) is 0 Å². The summed E-state index contributed by atoms with van der Waals surface area (Å²) in [5.41, 5.74) is 4.98. The van der Waals surface area contributed by atoms with Crippen molar-refractivity contribution in [3.05, 3.63) is 29.3 Å². The highest BCUT2D eigenvalue weighted by atomic mass is 15.3. The van der Waals surface area contributed by atoms with Gasteiger partial charge in [-0.05, 0) is 30.9 Å². The van der Waals surface area contributed by atoms with Crippen molar-refractivity contribution < 1.29 is 0 Å². The van der Waals surface area contributed by atoms with E-state index in [0.717, 1.165) is 29.5 Å². The van der Waals surface area contributed by atoms with Gasteiger partial charge in [0.25, 0.3) is 0 Å². The van der Waals surface area contributed by atoms with Gasteiger partial charge in [0.2, 0.25) is 0 Å². The minimum Gasteiger partial charge on any atom is -0.323 e. The molecule has 0 spiro atoms. The first kappa shape index (κ1) is 11.1. The summed E-state index contributed by atoms with van der Waals surface area (Å²) in [6.45, 7) is 0. The van der Waals surface area contributed by atoms with Crippen molar-refractivity contribution >= 4 is 11.4 Å². The van der Waals surface area contributed by atoms with Gasteiger partial charge in [-0.25, -0.2) is 0 Å². The first-order chi connectivity index (χ1) is 7.52. The SMILES string of the molecule is C[N+](C)(C)c1ccc2c(c1)/C(=N/N)CCC2. The van der Waals surface area contributed by atoms with Crippen LogP contribution in [0.2, 0.25) is 0 Å². The molecule has 1 aliphatic carbocycles. The van der Waals surface area contributed by atoms with Crippen LogP contribution in [0.3, 0.4) is 0 Å². The maximum absolute atomic E-state index is 5.46. The second kappa shape index (κ2) is 3.91. The third kappa shape index (κ3) is 1.95. The molecule has 86 valence electrons. The number of hydrogen-bond acceptors (Lipinski definition) is 2. The van der Waals surface area contributed by atoms with Crippen molar-refractivity contribution in [3.63, 3.8) is 0 Å². The fraction of sp³-hybridized carbons (Fsp3) is 0.462. The van der Waals surface area contributed by atoms with Crippen molar-refractivity contribution in [2.24, 2.45) is 10.9 Å². The van der Waals surface area contributed by atoms with E-state index in [9.17, 15) is 0 Å². The normalized spacial score (nSPS) is 18.6. The first-order valence-electron chi connectivity index (χ1n) is 5.74. The van der Waals surface area contributed by atoms with Crippen LogP contribution in [0.25, 0.3) is 0 Å². The lowest BCUT2D eigenvalue weighted by atomic mass is 9.89. The lowest BCUT2D eigenvalue weighted by molar-refractivity contribution is 0.486. The summed E-state index contributed by atoms with van der Waals surface area (Å²) in [6, 6.07) is 6.66. The topological polar surface area (TPSA) is 38.4 Å². The van der Waals surface area contributed by atoms with Crippen molar-refractivity contribution in [3.8, 4) is 0 Å². The van der Waals surface area contributed by atoms with Crippen LogP contribution >= 0.6 is 0 Å². The van der Waals surface area contributed by atoms with Crippen molar-refractivity contribution in [1.82, 2.24) is 4.48 Å². The number of nitrogens with two attached hydrogens (primary N) is 1. The molecule has 0 atom stereocenters. The summed E-state index contributed by atoms with van der Waals surface area (Å²) in [6.07, 6.45) is 3.31. The molecule has 2 N–H and O–H groups in total. The lowest BCUT2D eigenvalue weighted by Gasteiger charge is -2.26. The number of rotatable bonds is 1. The van der Waals surface area contributed by atoms with Crippen LogP contribution in [0.1, 0.15) is 24.0 Å². The maximum atomic E-state index is 5.46. The molecule has 0 bridgehead atoms. The lowest BCUT2D eigenvalue weighted by Crippen LogP contribution is -2.35. The van der Waals surface area contributed by atoms with E-state index in [1.807, 2.05) is 0 Å². The Morgan fingerprint density at radius 1 is 1.19 bits per heavy atom. The van der Waals surface area contributed by atoms with Gasteiger partial charge in [-0.2, -0.15) is 5.10 Å². The summed E-state index contributed by atoms with van der Waals surface area (Å²) >= 11 is 0. The number of hydrazone groups is 1. The molecular formula is C13H20N3+. The number of fused-ring (bicyclic) bond motifs is 1. The second-order valence-electron chi connectivity index (χ2n) is 5.28. The van der Waals surface area contributed by atoms with Crippen LogP contribution in [0.15, 0.2) is 23.3 Å². The molecule has 2 rings (SSSR count). The molecule has 0 unspecified atom stereocenters. The van der Waals surface area contributed by atoms with E-state index in [0.29, 0.717) is 0 Å². The number of aryl methyl sites for hydroxylation is 1. The molecule has 0 fully saturated rings. The van der Waals surface area contributed by atoms with Gasteiger partial charge in [-0.15, -0.1) is 0 Å². The molecule has 0 saturated heterocycles. The van der Waals surface area contributed by atoms with Gasteiger partial charge >= 0.3 is 0 Å². The minimum absolute atomic E-state index is 0.825. The predicted octanol–water partition coefficient (Wildman–Crippen LogP) is 1.88. The summed E-state index contributed by atoms with van der Waals surface area (Å²) in [5, 5.41) is 3.92. The van der Waals surface area contributed by atoms with Crippen molar-refractivity contribution in [1.29, 1.82) is 0 Å². The molecule has 3 heteroatoms. The van der Waals surface area contributed by atoms with Gasteiger partial charge in [-0.3, -0.25) is 4.48 Å². The Hall–Kier alpha value is -1.35. The maximum Gasteiger partial charge on any atom is 0.132 e. The quantitative estimate of drug-likeness (QED) is 0.436. The summed E-state index contributed by atoms with van der Waals surface area (Å²) in [5.74, 6) is 5.46. The van der Waals surface area contributed by atoms with Crippen LogP contribution in [-0.2, 0) is 6.42 Å². The van der Waals surface area contributed by atoms with E-state index >= 15 is 0 Å². The average molecular weight is 218 g/mol. The van der Waals surface area contributed by atoms with E-state index in [-0.39, 0.29) is 0 Å². The van der Waals surface area contributed by atoms with Gasteiger partial charge in [0, 0.05) is 11.6 Å². The Labute approximate surface area is 97.2 Å². The Morgan fingerprint density at radius 2 is 1.94 bits per heavy atom. The number of quaternary nitrogens is 1. The molecule has 0 heterocycles. The average Bonchev–Trinajstić information content (AvgIpc) is 2.26. The molecule has 0 amide bonds. The molecule has 16 heavy (non-hydrogen) atoms. The molecule has 0 aliphatic heterocycles. The highest BCUT2D eigenvalue weighted by molar-refractivity contribution is 6.03. The predicted molar refractivity (Wildman–Crippen MR) is 69.7 cm³/mol. The Kier molecular flexibility index (Phi) is 2.72. The zero-order valence-corrected chi connectivity index (χ0v) is 10.3. The van der Waals surface area contributed by atoms with Gasteiger partial charge in [-0.1, -0.05) is 6.07 Å². The first-order valence-corrected chi connectivity index (χ1v) is 5.74. The van der Waals surface area contributed by atoms with Gasteiger partial charge in [0.15, 0.2) is 0 Å². The van der Waals surface area contributed by atoms with Crippen LogP contribution in [-0.4, -0.2) is 26.9 Å². The van der Waals surface area contributed by atoms with E-state index in [1.165, 1.54) is 16.8 Å². The third-order valence-corrected chi connectivity index (χ3v) is 3.19. The summed E-state index contributed by atoms with van der Waals surface area (Å²) in [7, 11) is 6.51. The van der Waals surface area contributed by atoms with E-state index < -0.39 is 0 Å². The molecule has 1 aliphatic rings. The van der Waals surface area contributed by atoms with Gasteiger partial charge < -0.3 is 5.84 Å². The molecular weight excluding hydrogens is 198 g/mol.